The Labute approximate surface area is 83.8 Å². The summed E-state index contributed by atoms with van der Waals surface area (Å²) in [5, 5.41) is 0. The molecule has 1 fully saturated rings. The molecule has 0 bridgehead atoms. The molecule has 0 amide bonds. The molecule has 14 heavy (non-hydrogen) atoms. The second-order valence-electron chi connectivity index (χ2n) is 3.35. The first-order chi connectivity index (χ1) is 6.92. The maximum Gasteiger partial charge on any atom is 0.110 e. The molecule has 0 aromatic heterocycles. The van der Waals surface area contributed by atoms with Crippen LogP contribution in [-0.2, 0) is 9.47 Å². The first-order valence-electron chi connectivity index (χ1n) is 4.90. The summed E-state index contributed by atoms with van der Waals surface area (Å²) in [7, 11) is 0. The Kier molecular flexibility index (Phi) is 3.14. The van der Waals surface area contributed by atoms with Crippen LogP contribution in [0.15, 0.2) is 30.3 Å². The first-order valence-corrected chi connectivity index (χ1v) is 4.90. The molecule has 3 heteroatoms. The molecule has 1 aromatic rings. The Morgan fingerprint density at radius 3 is 2.57 bits per heavy atom. The monoisotopic (exact) mass is 193 g/mol. The van der Waals surface area contributed by atoms with Gasteiger partial charge in [-0.25, -0.2) is 0 Å². The molecule has 76 valence electrons. The molecule has 2 N–H and O–H groups in total. The summed E-state index contributed by atoms with van der Waals surface area (Å²) in [5.41, 5.74) is 6.77. The van der Waals surface area contributed by atoms with E-state index in [1.54, 1.807) is 0 Å². The van der Waals surface area contributed by atoms with E-state index in [1.165, 1.54) is 0 Å². The van der Waals surface area contributed by atoms with Crippen LogP contribution in [0.4, 0.5) is 0 Å². The molecule has 1 aliphatic rings. The van der Waals surface area contributed by atoms with Crippen LogP contribution in [0.1, 0.15) is 11.7 Å². The summed E-state index contributed by atoms with van der Waals surface area (Å²) in [6.45, 7) is 1.79. The minimum absolute atomic E-state index is 0.00468. The lowest BCUT2D eigenvalue weighted by atomic mass is 10.0. The van der Waals surface area contributed by atoms with Gasteiger partial charge < -0.3 is 15.2 Å². The molecule has 0 radical (unpaired) electrons. The minimum atomic E-state index is -0.00819. The number of hydrogen-bond donors (Lipinski definition) is 1. The zero-order valence-electron chi connectivity index (χ0n) is 8.06. The SMILES string of the molecule is NC[C@@H]1OCCO[C@@H]1c1ccccc1. The smallest absolute Gasteiger partial charge is 0.110 e. The average Bonchev–Trinajstić information content (AvgIpc) is 2.30. The Bertz CT molecular complexity index is 276. The third kappa shape index (κ3) is 1.95. The predicted octanol–water partition coefficient (Wildman–Crippen LogP) is 1.10. The zero-order valence-corrected chi connectivity index (χ0v) is 8.06. The predicted molar refractivity (Wildman–Crippen MR) is 53.9 cm³/mol. The lowest BCUT2D eigenvalue weighted by Gasteiger charge is -2.31. The van der Waals surface area contributed by atoms with Crippen LogP contribution in [0.5, 0.6) is 0 Å². The molecule has 0 spiro atoms. The Morgan fingerprint density at radius 1 is 1.14 bits per heavy atom. The average molecular weight is 193 g/mol. The van der Waals surface area contributed by atoms with Crippen molar-refractivity contribution in [3.05, 3.63) is 35.9 Å². The van der Waals surface area contributed by atoms with Crippen LogP contribution in [0.25, 0.3) is 0 Å². The second kappa shape index (κ2) is 4.55. The fourth-order valence-corrected chi connectivity index (χ4v) is 1.71. The van der Waals surface area contributed by atoms with E-state index in [9.17, 15) is 0 Å². The lowest BCUT2D eigenvalue weighted by Crippen LogP contribution is -2.37. The summed E-state index contributed by atoms with van der Waals surface area (Å²) >= 11 is 0. The Hall–Kier alpha value is -0.900. The molecule has 1 heterocycles. The van der Waals surface area contributed by atoms with Crippen molar-refractivity contribution in [1.82, 2.24) is 0 Å². The maximum absolute atomic E-state index is 5.66. The summed E-state index contributed by atoms with van der Waals surface area (Å²) in [6, 6.07) is 10.1. The van der Waals surface area contributed by atoms with Gasteiger partial charge in [0.05, 0.1) is 13.2 Å². The van der Waals surface area contributed by atoms with E-state index in [2.05, 4.69) is 0 Å². The number of benzene rings is 1. The maximum atomic E-state index is 5.66. The highest BCUT2D eigenvalue weighted by Crippen LogP contribution is 2.25. The number of ether oxygens (including phenoxy) is 2. The molecule has 1 saturated heterocycles. The van der Waals surface area contributed by atoms with Crippen molar-refractivity contribution < 1.29 is 9.47 Å². The standard InChI is InChI=1S/C11H15NO2/c12-8-10-11(14-7-6-13-10)9-4-2-1-3-5-9/h1-5,10-11H,6-8,12H2/t10-,11+/m0/s1. The normalized spacial score (nSPS) is 27.5. The third-order valence-corrected chi connectivity index (χ3v) is 2.41. The van der Waals surface area contributed by atoms with Crippen molar-refractivity contribution in [3.63, 3.8) is 0 Å². The zero-order chi connectivity index (χ0) is 9.80. The molecular weight excluding hydrogens is 178 g/mol. The van der Waals surface area contributed by atoms with Gasteiger partial charge in [0.1, 0.15) is 12.2 Å². The fourth-order valence-electron chi connectivity index (χ4n) is 1.71. The van der Waals surface area contributed by atoms with Gasteiger partial charge in [0.2, 0.25) is 0 Å². The fraction of sp³-hybridized carbons (Fsp3) is 0.455. The number of hydrogen-bond acceptors (Lipinski definition) is 3. The van der Waals surface area contributed by atoms with Gasteiger partial charge in [-0.3, -0.25) is 0 Å². The van der Waals surface area contributed by atoms with E-state index in [0.717, 1.165) is 5.56 Å². The molecule has 0 aliphatic carbocycles. The van der Waals surface area contributed by atoms with Crippen LogP contribution < -0.4 is 5.73 Å². The van der Waals surface area contributed by atoms with E-state index in [4.69, 9.17) is 15.2 Å². The Balaban J connectivity index is 2.15. The van der Waals surface area contributed by atoms with Gasteiger partial charge in [-0.05, 0) is 5.56 Å². The van der Waals surface area contributed by atoms with Crippen molar-refractivity contribution in [2.75, 3.05) is 19.8 Å². The van der Waals surface area contributed by atoms with Gasteiger partial charge >= 0.3 is 0 Å². The first kappa shape index (κ1) is 9.65. The highest BCUT2D eigenvalue weighted by Gasteiger charge is 2.26. The van der Waals surface area contributed by atoms with Crippen LogP contribution in [0.3, 0.4) is 0 Å². The molecule has 0 unspecified atom stereocenters. The van der Waals surface area contributed by atoms with Gasteiger partial charge in [-0.2, -0.15) is 0 Å². The summed E-state index contributed by atoms with van der Waals surface area (Å²) in [4.78, 5) is 0. The minimum Gasteiger partial charge on any atom is -0.371 e. The van der Waals surface area contributed by atoms with Gasteiger partial charge in [0, 0.05) is 6.54 Å². The van der Waals surface area contributed by atoms with Crippen molar-refractivity contribution in [1.29, 1.82) is 0 Å². The van der Waals surface area contributed by atoms with Gasteiger partial charge in [0.25, 0.3) is 0 Å². The topological polar surface area (TPSA) is 44.5 Å². The molecule has 1 aromatic carbocycles. The molecule has 2 atom stereocenters. The lowest BCUT2D eigenvalue weighted by molar-refractivity contribution is -0.138. The largest absolute Gasteiger partial charge is 0.371 e. The van der Waals surface area contributed by atoms with Crippen LogP contribution in [-0.4, -0.2) is 25.9 Å². The highest BCUT2D eigenvalue weighted by molar-refractivity contribution is 5.19. The van der Waals surface area contributed by atoms with E-state index >= 15 is 0 Å². The van der Waals surface area contributed by atoms with Crippen molar-refractivity contribution in [3.8, 4) is 0 Å². The summed E-state index contributed by atoms with van der Waals surface area (Å²) < 4.78 is 11.2. The summed E-state index contributed by atoms with van der Waals surface area (Å²) in [6.07, 6.45) is -0.0129. The van der Waals surface area contributed by atoms with Crippen molar-refractivity contribution >= 4 is 0 Å². The number of rotatable bonds is 2. The van der Waals surface area contributed by atoms with E-state index in [1.807, 2.05) is 30.3 Å². The van der Waals surface area contributed by atoms with Crippen molar-refractivity contribution in [2.24, 2.45) is 5.73 Å². The van der Waals surface area contributed by atoms with Crippen LogP contribution in [0, 0.1) is 0 Å². The molecular formula is C11H15NO2. The summed E-state index contributed by atoms with van der Waals surface area (Å²) in [5.74, 6) is 0. The van der Waals surface area contributed by atoms with Gasteiger partial charge in [-0.15, -0.1) is 0 Å². The van der Waals surface area contributed by atoms with Crippen LogP contribution in [0.2, 0.25) is 0 Å². The third-order valence-electron chi connectivity index (χ3n) is 2.41. The van der Waals surface area contributed by atoms with E-state index in [-0.39, 0.29) is 12.2 Å². The molecule has 3 nitrogen and oxygen atoms in total. The van der Waals surface area contributed by atoms with Crippen LogP contribution >= 0.6 is 0 Å². The second-order valence-corrected chi connectivity index (χ2v) is 3.35. The molecule has 2 rings (SSSR count). The molecule has 0 saturated carbocycles. The quantitative estimate of drug-likeness (QED) is 0.765. The number of nitrogens with two attached hydrogens (primary N) is 1. The Morgan fingerprint density at radius 2 is 1.86 bits per heavy atom. The van der Waals surface area contributed by atoms with Gasteiger partial charge in [-0.1, -0.05) is 30.3 Å². The highest BCUT2D eigenvalue weighted by atomic mass is 16.6. The van der Waals surface area contributed by atoms with E-state index < -0.39 is 0 Å². The van der Waals surface area contributed by atoms with Gasteiger partial charge in [0.15, 0.2) is 0 Å². The molecule has 1 aliphatic heterocycles. The van der Waals surface area contributed by atoms with E-state index in [0.29, 0.717) is 19.8 Å². The van der Waals surface area contributed by atoms with Crippen molar-refractivity contribution in [2.45, 2.75) is 12.2 Å².